The van der Waals surface area contributed by atoms with Gasteiger partial charge in [0, 0.05) is 56.0 Å². The molecule has 0 saturated carbocycles. The summed E-state index contributed by atoms with van der Waals surface area (Å²) in [6.07, 6.45) is -13.0. The van der Waals surface area contributed by atoms with Crippen LogP contribution in [0.25, 0.3) is 0 Å². The Balaban J connectivity index is 1.12. The minimum absolute atomic E-state index is 0.0256. The normalized spacial score (nSPS) is 35.5. The molecule has 4 fully saturated rings. The number of hydrogen-bond acceptors (Lipinski definition) is 26. The van der Waals surface area contributed by atoms with Crippen LogP contribution in [0.3, 0.4) is 0 Å². The molecule has 0 spiro atoms. The highest BCUT2D eigenvalue weighted by molar-refractivity contribution is 14.1. The third kappa shape index (κ3) is 16.2. The Kier molecular flexibility index (Phi) is 25.3. The van der Waals surface area contributed by atoms with E-state index in [1.54, 1.807) is 54.7 Å². The first-order chi connectivity index (χ1) is 40.8. The van der Waals surface area contributed by atoms with Crippen LogP contribution in [0.2, 0.25) is 0 Å². The fourth-order valence-electron chi connectivity index (χ4n) is 10.8. The topological polar surface area (TPSA) is 311 Å². The Morgan fingerprint density at radius 1 is 0.919 bits per heavy atom. The second-order valence-corrected chi connectivity index (χ2v) is 27.1. The summed E-state index contributed by atoms with van der Waals surface area (Å²) in [4.78, 5) is 47.7. The maximum atomic E-state index is 14.5. The van der Waals surface area contributed by atoms with E-state index in [0.717, 1.165) is 11.8 Å². The first-order valence-corrected chi connectivity index (χ1v) is 32.4. The van der Waals surface area contributed by atoms with E-state index in [0.29, 0.717) is 15.7 Å². The van der Waals surface area contributed by atoms with E-state index < -0.39 is 125 Å². The van der Waals surface area contributed by atoms with E-state index >= 15 is 0 Å². The van der Waals surface area contributed by atoms with Gasteiger partial charge in [0.15, 0.2) is 41.8 Å². The molecule has 0 radical (unpaired) electrons. The van der Waals surface area contributed by atoms with Gasteiger partial charge >= 0.3 is 0 Å². The van der Waals surface area contributed by atoms with Gasteiger partial charge in [-0.3, -0.25) is 19.2 Å². The van der Waals surface area contributed by atoms with Gasteiger partial charge < -0.3 is 83.0 Å². The molecule has 2 bridgehead atoms. The Labute approximate surface area is 527 Å². The zero-order valence-electron chi connectivity index (χ0n) is 50.0. The molecule has 0 aromatic heterocycles. The van der Waals surface area contributed by atoms with Gasteiger partial charge in [0.1, 0.15) is 47.2 Å². The zero-order chi connectivity index (χ0) is 62.9. The van der Waals surface area contributed by atoms with E-state index in [-0.39, 0.29) is 89.1 Å². The molecule has 474 valence electrons. The molecule has 19 atom stereocenters. The predicted octanol–water partition coefficient (Wildman–Crippen LogP) is 3.89. The molecule has 2 aliphatic carbocycles. The fraction of sp³-hybridized carbons (Fsp3) is 0.661. The van der Waals surface area contributed by atoms with Crippen molar-refractivity contribution in [2.24, 2.45) is 0 Å². The molecule has 7 N–H and O–H groups in total. The second-order valence-electron chi connectivity index (χ2n) is 21.9. The number of rotatable bonds is 23. The van der Waals surface area contributed by atoms with Crippen LogP contribution in [0, 0.1) is 45.5 Å². The smallest absolute Gasteiger partial charge is 0.229 e. The number of nitrogens with zero attached hydrogens (tertiary/aromatic N) is 1. The Bertz CT molecular complexity index is 2870. The number of aliphatic hydroxyl groups is 5. The number of halogens is 1. The number of ether oxygens (including phenoxy) is 11. The molecule has 27 heteroatoms. The number of hydrogen-bond donors (Lipinski definition) is 7. The SMILES string of the molecule is CCN[C@H]1CO[C@@H](O[C@H]2[C@H](O[C@H]3C#C/C=C\C#C[C@]4(O)CC(=O)C(CC(C)=O)=C3/C4=C\CSSC(C)(C)C#N)O[C@H](C)[C@@H](NO[C@H]3C[C@H](O)[C@H](SC(=O)c4c(C)c(I)c(O[C@@H]5O[C@@H](C)[C@H](O)[C@@H](OC)[C@H]5O)c(OC)c4OC)[C@@H](C)O3)[C@@H]2O)C[C@@H]1OC. The number of Topliss-reactive ketones (excluding diaryl/α,β-unsaturated/α-hetero) is 2. The quantitative estimate of drug-likeness (QED) is 0.0269. The van der Waals surface area contributed by atoms with Crippen LogP contribution in [0.1, 0.15) is 90.1 Å². The van der Waals surface area contributed by atoms with Crippen LogP contribution in [-0.2, 0) is 52.3 Å². The lowest BCUT2D eigenvalue weighted by molar-refractivity contribution is -0.336. The van der Waals surface area contributed by atoms with Gasteiger partial charge in [0.25, 0.3) is 0 Å². The molecule has 1 aromatic carbocycles. The van der Waals surface area contributed by atoms with Gasteiger partial charge in [-0.1, -0.05) is 70.0 Å². The summed E-state index contributed by atoms with van der Waals surface area (Å²) in [5, 5.41) is 70.0. The summed E-state index contributed by atoms with van der Waals surface area (Å²) in [6, 6.07) is 0.987. The van der Waals surface area contributed by atoms with Gasteiger partial charge in [0.05, 0.1) is 90.3 Å². The number of benzene rings is 1. The number of allylic oxidation sites excluding steroid dienone is 3. The predicted molar refractivity (Wildman–Crippen MR) is 326 cm³/mol. The highest BCUT2D eigenvalue weighted by atomic mass is 127. The molecule has 4 heterocycles. The number of hydroxylamine groups is 1. The number of carbonyl (C=O) groups excluding carboxylic acids is 3. The molecular weight excluding hydrogens is 1290 g/mol. The van der Waals surface area contributed by atoms with Crippen LogP contribution in [0.5, 0.6) is 17.2 Å². The van der Waals surface area contributed by atoms with Gasteiger partial charge in [-0.25, -0.2) is 0 Å². The highest BCUT2D eigenvalue weighted by Gasteiger charge is 2.52. The summed E-state index contributed by atoms with van der Waals surface area (Å²) in [7, 11) is 8.31. The monoisotopic (exact) mass is 1370 g/mol. The molecule has 1 aromatic rings. The zero-order valence-corrected chi connectivity index (χ0v) is 54.6. The van der Waals surface area contributed by atoms with E-state index in [4.69, 9.17) is 56.9 Å². The minimum atomic E-state index is -2.05. The number of nitrogens with one attached hydrogen (secondary N) is 2. The number of methoxy groups -OCH3 is 4. The lowest BCUT2D eigenvalue weighted by Crippen LogP contribution is -2.65. The van der Waals surface area contributed by atoms with E-state index in [9.17, 15) is 45.2 Å². The molecule has 6 aliphatic rings. The summed E-state index contributed by atoms with van der Waals surface area (Å²) in [5.74, 6) is 11.1. The van der Waals surface area contributed by atoms with Gasteiger partial charge in [0.2, 0.25) is 17.2 Å². The first-order valence-electron chi connectivity index (χ1n) is 28.1. The molecular formula is C59H78IN3O20S3. The Morgan fingerprint density at radius 3 is 2.28 bits per heavy atom. The lowest BCUT2D eigenvalue weighted by atomic mass is 9.72. The van der Waals surface area contributed by atoms with Crippen molar-refractivity contribution < 1.29 is 96.9 Å². The first kappa shape index (κ1) is 70.1. The van der Waals surface area contributed by atoms with Gasteiger partial charge in [-0.15, -0.1) is 0 Å². The van der Waals surface area contributed by atoms with Crippen LogP contribution in [0.15, 0.2) is 34.9 Å². The number of thioether (sulfide) groups is 1. The van der Waals surface area contributed by atoms with Crippen LogP contribution in [-0.4, -0.2) is 210 Å². The summed E-state index contributed by atoms with van der Waals surface area (Å²) in [5.41, 5.74) is 1.77. The molecule has 86 heavy (non-hydrogen) atoms. The third-order valence-electron chi connectivity index (χ3n) is 15.3. The molecule has 7 rings (SSSR count). The maximum Gasteiger partial charge on any atom is 0.229 e. The van der Waals surface area contributed by atoms with Crippen LogP contribution >= 0.6 is 55.9 Å². The summed E-state index contributed by atoms with van der Waals surface area (Å²) >= 11 is 2.83. The number of aliphatic hydroxyl groups excluding tert-OH is 4. The van der Waals surface area contributed by atoms with Crippen LogP contribution < -0.4 is 25.0 Å². The van der Waals surface area contributed by atoms with Crippen molar-refractivity contribution in [3.8, 4) is 47.0 Å². The van der Waals surface area contributed by atoms with Crippen molar-refractivity contribution in [3.05, 3.63) is 49.6 Å². The van der Waals surface area contributed by atoms with Gasteiger partial charge in [-0.05, 0) is 95.3 Å². The average Bonchev–Trinajstić information content (AvgIpc) is 1.23. The average molecular weight is 1370 g/mol. The van der Waals surface area contributed by atoms with Crippen molar-refractivity contribution in [1.82, 2.24) is 10.8 Å². The van der Waals surface area contributed by atoms with Gasteiger partial charge in [-0.2, -0.15) is 10.7 Å². The molecule has 4 saturated heterocycles. The third-order valence-corrected chi connectivity index (χ3v) is 20.9. The maximum absolute atomic E-state index is 14.5. The van der Waals surface area contributed by atoms with Crippen molar-refractivity contribution in [1.29, 1.82) is 5.26 Å². The van der Waals surface area contributed by atoms with Crippen LogP contribution in [0.4, 0.5) is 0 Å². The van der Waals surface area contributed by atoms with Crippen molar-refractivity contribution in [2.75, 3.05) is 47.3 Å². The summed E-state index contributed by atoms with van der Waals surface area (Å²) < 4.78 is 67.0. The molecule has 0 amide bonds. The number of carbonyl (C=O) groups is 3. The van der Waals surface area contributed by atoms with E-state index in [1.807, 2.05) is 29.5 Å². The Hall–Kier alpha value is -3.40. The lowest BCUT2D eigenvalue weighted by Gasteiger charge is -2.46. The number of nitriles is 1. The second kappa shape index (κ2) is 31.1. The van der Waals surface area contributed by atoms with Crippen molar-refractivity contribution in [3.63, 3.8) is 0 Å². The number of ketones is 2. The fourth-order valence-corrected chi connectivity index (χ4v) is 14.7. The minimum Gasteiger partial charge on any atom is -0.492 e. The number of likely N-dealkylation sites (N-methyl/N-ethyl adjacent to an activating group) is 1. The standard InChI is InChI=1S/C59H78IN3O20S3/c1-13-62-35-26-76-40(24-39(35)72-9)81-52-47(68)45(30(4)78-57(52)80-38-18-16-14-15-17-20-59(71)25-37(66)33(22-28(2)64)43(38)34(59)19-21-84-86-58(7,8)27-61)63-83-41-23-36(65)54(32(6)77-41)85-55(70)42-29(3)44(60)50(53(75-12)49(42)73-10)82-56-48(69)51(74-11)46(67)31(5)79-56/h14-15,19,30-32,35-36,38-41,45-48,51-52,54,56-57,62-63,65,67-69,71H,13,21-26H2,1-12H3/b15-14-,34-19+/t30-,31+,32-,35+,36+,38+,39+,40+,41+,45-,46+,47+,48-,51-,52-,54-,56+,57+,59+/m1/s1. The highest BCUT2D eigenvalue weighted by Crippen LogP contribution is 2.49. The molecule has 4 aliphatic heterocycles. The largest absolute Gasteiger partial charge is 0.492 e. The molecule has 23 nitrogen and oxygen atoms in total. The Morgan fingerprint density at radius 2 is 1.63 bits per heavy atom. The van der Waals surface area contributed by atoms with E-state index in [1.165, 1.54) is 62.0 Å². The van der Waals surface area contributed by atoms with Crippen molar-refractivity contribution >= 4 is 72.6 Å². The molecule has 0 unspecified atom stereocenters. The number of fused-ring (bicyclic) bond motifs is 2. The van der Waals surface area contributed by atoms with Crippen molar-refractivity contribution in [2.45, 2.75) is 201 Å². The summed E-state index contributed by atoms with van der Waals surface area (Å²) in [6.45, 7) is 14.3. The van der Waals surface area contributed by atoms with E-state index in [2.05, 4.69) is 40.5 Å².